The van der Waals surface area contributed by atoms with E-state index in [2.05, 4.69) is 55.8 Å². The Balaban J connectivity index is 1.65. The molecule has 0 amide bonds. The van der Waals surface area contributed by atoms with Gasteiger partial charge in [-0.1, -0.05) is 23.2 Å². The Morgan fingerprint density at radius 1 is 0.889 bits per heavy atom. The summed E-state index contributed by atoms with van der Waals surface area (Å²) >= 11 is 16.7. The van der Waals surface area contributed by atoms with E-state index in [1.54, 1.807) is 18.5 Å². The van der Waals surface area contributed by atoms with E-state index >= 15 is 0 Å². The largest absolute Gasteiger partial charge is 0.452 e. The molecule has 2 heterocycles. The first kappa shape index (κ1) is 19.4. The van der Waals surface area contributed by atoms with Crippen LogP contribution in [0.5, 0.6) is 0 Å². The molecule has 0 aliphatic carbocycles. The van der Waals surface area contributed by atoms with Crippen LogP contribution >= 0.6 is 68.4 Å². The summed E-state index contributed by atoms with van der Waals surface area (Å²) in [4.78, 5) is 13.0. The minimum Gasteiger partial charge on any atom is -0.452 e. The zero-order valence-electron chi connectivity index (χ0n) is 13.6. The Morgan fingerprint density at radius 3 is 2.11 bits per heavy atom. The normalized spacial score (nSPS) is 19.6. The average Bonchev–Trinajstić information content (AvgIpc) is 2.60. The lowest BCUT2D eigenvalue weighted by molar-refractivity contribution is -0.147. The van der Waals surface area contributed by atoms with E-state index in [0.717, 1.165) is 29.6 Å². The zero-order chi connectivity index (χ0) is 19.1. The summed E-state index contributed by atoms with van der Waals surface area (Å²) in [6.07, 6.45) is 6.67. The summed E-state index contributed by atoms with van der Waals surface area (Å²) in [5.74, 6) is -0.815. The summed E-state index contributed by atoms with van der Waals surface area (Å²) in [6.45, 7) is 0. The fourth-order valence-electron chi connectivity index (χ4n) is 3.16. The maximum atomic E-state index is 13.0. The smallest absolute Gasteiger partial charge is 0.318 e. The van der Waals surface area contributed by atoms with Gasteiger partial charge in [-0.3, -0.25) is 4.79 Å². The van der Waals surface area contributed by atoms with E-state index in [4.69, 9.17) is 27.9 Å². The highest BCUT2D eigenvalue weighted by molar-refractivity contribution is 14.1. The van der Waals surface area contributed by atoms with E-state index in [9.17, 15) is 4.79 Å². The summed E-state index contributed by atoms with van der Waals surface area (Å²) in [6, 6.07) is 7.33. The zero-order valence-corrected chi connectivity index (χ0v) is 19.4. The minimum absolute atomic E-state index is 0.317. The van der Waals surface area contributed by atoms with Gasteiger partial charge in [0.25, 0.3) is 0 Å². The number of esters is 1. The third-order valence-corrected chi connectivity index (χ3v) is 6.54. The predicted molar refractivity (Wildman–Crippen MR) is 125 cm³/mol. The lowest BCUT2D eigenvalue weighted by atomic mass is 9.94. The highest BCUT2D eigenvalue weighted by Crippen LogP contribution is 2.40. The fraction of sp³-hybridized carbons (Fsp3) is 0.105. The molecule has 0 saturated heterocycles. The van der Waals surface area contributed by atoms with Crippen molar-refractivity contribution in [3.05, 3.63) is 77.1 Å². The number of ether oxygens (including phenoxy) is 1. The molecule has 8 heteroatoms. The predicted octanol–water partition coefficient (Wildman–Crippen LogP) is 6.45. The molecule has 0 saturated carbocycles. The summed E-state index contributed by atoms with van der Waals surface area (Å²) in [7, 11) is 0. The number of fused-ring (bicyclic) bond motifs is 2. The van der Waals surface area contributed by atoms with Crippen LogP contribution in [0.1, 0.15) is 23.1 Å². The Labute approximate surface area is 193 Å². The van der Waals surface area contributed by atoms with Gasteiger partial charge in [0.05, 0.1) is 0 Å². The third-order valence-electron chi connectivity index (χ3n) is 4.32. The number of carbonyl (C=O) groups is 1. The standard InChI is InChI=1S/C19H12Cl2I2N2O2/c20-9-5-12(22)17-11(1-3-24-14(17)7-9)19(26)27-16-2-4-25-15-8-10(21)6-13(23)18(15)16/h1-8,11,16,24-25H. The van der Waals surface area contributed by atoms with E-state index in [1.165, 1.54) is 0 Å². The van der Waals surface area contributed by atoms with Crippen LogP contribution in [0.25, 0.3) is 0 Å². The van der Waals surface area contributed by atoms with Crippen LogP contribution in [0.4, 0.5) is 11.4 Å². The molecule has 2 aliphatic rings. The molecule has 0 fully saturated rings. The third kappa shape index (κ3) is 3.81. The van der Waals surface area contributed by atoms with Gasteiger partial charge in [-0.25, -0.2) is 0 Å². The minimum atomic E-state index is -0.498. The van der Waals surface area contributed by atoms with Gasteiger partial charge in [0.2, 0.25) is 0 Å². The Kier molecular flexibility index (Phi) is 5.59. The molecule has 138 valence electrons. The molecule has 2 aromatic carbocycles. The van der Waals surface area contributed by atoms with Gasteiger partial charge in [-0.05, 0) is 87.8 Å². The van der Waals surface area contributed by atoms with Crippen molar-refractivity contribution in [2.75, 3.05) is 10.6 Å². The van der Waals surface area contributed by atoms with Crippen LogP contribution in [0.15, 0.2) is 48.8 Å². The number of nitrogens with one attached hydrogen (secondary N) is 2. The van der Waals surface area contributed by atoms with E-state index in [-0.39, 0.29) is 5.97 Å². The first-order chi connectivity index (χ1) is 12.9. The topological polar surface area (TPSA) is 50.4 Å². The van der Waals surface area contributed by atoms with Crippen LogP contribution in [0, 0.1) is 7.14 Å². The van der Waals surface area contributed by atoms with Crippen molar-refractivity contribution in [2.24, 2.45) is 0 Å². The highest BCUT2D eigenvalue weighted by atomic mass is 127. The van der Waals surface area contributed by atoms with Gasteiger partial charge >= 0.3 is 5.97 Å². The number of rotatable bonds is 2. The molecule has 0 bridgehead atoms. The van der Waals surface area contributed by atoms with Gasteiger partial charge in [-0.15, -0.1) is 0 Å². The highest BCUT2D eigenvalue weighted by Gasteiger charge is 2.31. The molecule has 2 unspecified atom stereocenters. The Morgan fingerprint density at radius 2 is 1.44 bits per heavy atom. The SMILES string of the molecule is O=C(OC1C=CNc2cc(Cl)cc(I)c21)C1C=CNc2cc(Cl)cc(I)c21. The fourth-order valence-corrected chi connectivity index (χ4v) is 5.86. The van der Waals surface area contributed by atoms with Crippen LogP contribution < -0.4 is 10.6 Å². The molecule has 2 atom stereocenters. The molecule has 0 radical (unpaired) electrons. The quantitative estimate of drug-likeness (QED) is 0.298. The van der Waals surface area contributed by atoms with Crippen molar-refractivity contribution in [3.63, 3.8) is 0 Å². The van der Waals surface area contributed by atoms with Crippen LogP contribution in [-0.4, -0.2) is 5.97 Å². The van der Waals surface area contributed by atoms with Crippen LogP contribution in [-0.2, 0) is 9.53 Å². The first-order valence-electron chi connectivity index (χ1n) is 7.99. The second kappa shape index (κ2) is 7.81. The van der Waals surface area contributed by atoms with Crippen molar-refractivity contribution < 1.29 is 9.53 Å². The molecule has 4 rings (SSSR count). The maximum Gasteiger partial charge on any atom is 0.318 e. The molecule has 0 spiro atoms. The van der Waals surface area contributed by atoms with Gasteiger partial charge in [-0.2, -0.15) is 0 Å². The second-order valence-corrected chi connectivity index (χ2v) is 9.24. The summed E-state index contributed by atoms with van der Waals surface area (Å²) in [5, 5.41) is 7.56. The lowest BCUT2D eigenvalue weighted by Gasteiger charge is -2.27. The molecule has 4 nitrogen and oxygen atoms in total. The average molecular weight is 625 g/mol. The van der Waals surface area contributed by atoms with Crippen molar-refractivity contribution in [1.82, 2.24) is 0 Å². The lowest BCUT2D eigenvalue weighted by Crippen LogP contribution is -2.22. The number of halogens is 4. The molecule has 2 aromatic rings. The van der Waals surface area contributed by atoms with E-state index < -0.39 is 12.0 Å². The number of carbonyl (C=O) groups excluding carboxylic acids is 1. The van der Waals surface area contributed by atoms with Gasteiger partial charge in [0.15, 0.2) is 0 Å². The van der Waals surface area contributed by atoms with Crippen molar-refractivity contribution in [1.29, 1.82) is 0 Å². The Hall–Kier alpha value is -0.970. The monoisotopic (exact) mass is 624 g/mol. The number of hydrogen-bond donors (Lipinski definition) is 2. The van der Waals surface area contributed by atoms with Crippen molar-refractivity contribution in [2.45, 2.75) is 12.0 Å². The number of hydrogen-bond acceptors (Lipinski definition) is 4. The maximum absolute atomic E-state index is 13.0. The Bertz CT molecular complexity index is 1010. The second-order valence-electron chi connectivity index (χ2n) is 6.04. The molecular formula is C19H12Cl2I2N2O2. The number of anilines is 2. The molecule has 2 N–H and O–H groups in total. The van der Waals surface area contributed by atoms with Gasteiger partial charge < -0.3 is 15.4 Å². The van der Waals surface area contributed by atoms with Gasteiger partial charge in [0, 0.05) is 45.9 Å². The summed E-state index contributed by atoms with van der Waals surface area (Å²) < 4.78 is 7.74. The first-order valence-corrected chi connectivity index (χ1v) is 10.9. The molecule has 0 aromatic heterocycles. The molecule has 27 heavy (non-hydrogen) atoms. The molecule has 2 aliphatic heterocycles. The van der Waals surface area contributed by atoms with Crippen LogP contribution in [0.2, 0.25) is 10.0 Å². The van der Waals surface area contributed by atoms with E-state index in [0.29, 0.717) is 10.0 Å². The summed E-state index contributed by atoms with van der Waals surface area (Å²) in [5.41, 5.74) is 3.44. The number of benzene rings is 2. The van der Waals surface area contributed by atoms with Crippen LogP contribution in [0.3, 0.4) is 0 Å². The molecular weight excluding hydrogens is 613 g/mol. The van der Waals surface area contributed by atoms with E-state index in [1.807, 2.05) is 30.3 Å². The van der Waals surface area contributed by atoms with Gasteiger partial charge in [0.1, 0.15) is 12.0 Å². The van der Waals surface area contributed by atoms with Crippen molar-refractivity contribution in [3.8, 4) is 0 Å². The van der Waals surface area contributed by atoms with Crippen molar-refractivity contribution >= 4 is 85.7 Å².